The number of nitrogens with one attached hydrogen (secondary N) is 1. The topological polar surface area (TPSA) is 52.5 Å². The van der Waals surface area contributed by atoms with Crippen molar-refractivity contribution in [2.75, 3.05) is 0 Å². The van der Waals surface area contributed by atoms with Gasteiger partial charge in [0, 0.05) is 23.7 Å². The third-order valence-electron chi connectivity index (χ3n) is 4.16. The molecule has 0 aliphatic heterocycles. The van der Waals surface area contributed by atoms with E-state index in [0.29, 0.717) is 12.0 Å². The monoisotopic (exact) mass is 283 g/mol. The number of hydrogen-bond donors (Lipinski definition) is 3. The molecule has 1 aliphatic carbocycles. The Labute approximate surface area is 125 Å². The fourth-order valence-electron chi connectivity index (χ4n) is 2.85. The van der Waals surface area contributed by atoms with Gasteiger partial charge < -0.3 is 15.5 Å². The lowest BCUT2D eigenvalue weighted by Crippen LogP contribution is -2.26. The highest BCUT2D eigenvalue weighted by Crippen LogP contribution is 2.42. The van der Waals surface area contributed by atoms with Gasteiger partial charge in [0.1, 0.15) is 11.5 Å². The number of benzene rings is 2. The van der Waals surface area contributed by atoms with E-state index in [-0.39, 0.29) is 17.5 Å². The summed E-state index contributed by atoms with van der Waals surface area (Å²) in [6.45, 7) is 2.05. The lowest BCUT2D eigenvalue weighted by atomic mass is 9.99. The first-order valence-corrected chi connectivity index (χ1v) is 7.48. The molecule has 0 bridgehead atoms. The Bertz CT molecular complexity index is 608. The quantitative estimate of drug-likeness (QED) is 0.780. The predicted octanol–water partition coefficient (Wildman–Crippen LogP) is 3.90. The highest BCUT2D eigenvalue weighted by molar-refractivity contribution is 5.40. The second-order valence-electron chi connectivity index (χ2n) is 5.86. The van der Waals surface area contributed by atoms with Gasteiger partial charge >= 0.3 is 0 Å². The highest BCUT2D eigenvalue weighted by atomic mass is 16.3. The third kappa shape index (κ3) is 3.19. The number of phenols is 2. The maximum absolute atomic E-state index is 10.00. The maximum atomic E-state index is 10.00. The summed E-state index contributed by atoms with van der Waals surface area (Å²) in [4.78, 5) is 0. The summed E-state index contributed by atoms with van der Waals surface area (Å²) < 4.78 is 0. The summed E-state index contributed by atoms with van der Waals surface area (Å²) >= 11 is 0. The van der Waals surface area contributed by atoms with Gasteiger partial charge in [-0.05, 0) is 37.3 Å². The van der Waals surface area contributed by atoms with Crippen LogP contribution in [0.3, 0.4) is 0 Å². The lowest BCUT2D eigenvalue weighted by Gasteiger charge is -2.24. The molecule has 0 saturated heterocycles. The van der Waals surface area contributed by atoms with E-state index in [1.54, 1.807) is 12.1 Å². The molecule has 3 heteroatoms. The second kappa shape index (κ2) is 5.78. The van der Waals surface area contributed by atoms with E-state index in [1.807, 2.05) is 13.0 Å². The maximum Gasteiger partial charge on any atom is 0.124 e. The van der Waals surface area contributed by atoms with Gasteiger partial charge in [-0.15, -0.1) is 0 Å². The van der Waals surface area contributed by atoms with E-state index in [4.69, 9.17) is 0 Å². The van der Waals surface area contributed by atoms with Crippen LogP contribution < -0.4 is 5.32 Å². The van der Waals surface area contributed by atoms with Crippen molar-refractivity contribution < 1.29 is 10.2 Å². The Morgan fingerprint density at radius 3 is 2.38 bits per heavy atom. The van der Waals surface area contributed by atoms with E-state index in [2.05, 4.69) is 29.6 Å². The molecule has 21 heavy (non-hydrogen) atoms. The molecule has 2 aromatic carbocycles. The van der Waals surface area contributed by atoms with Gasteiger partial charge in [-0.25, -0.2) is 0 Å². The Balaban J connectivity index is 1.79. The van der Waals surface area contributed by atoms with Crippen LogP contribution in [0.5, 0.6) is 11.5 Å². The summed E-state index contributed by atoms with van der Waals surface area (Å²) in [5.74, 6) is 0.900. The highest BCUT2D eigenvalue weighted by Gasteiger charge is 2.33. The second-order valence-corrected chi connectivity index (χ2v) is 5.86. The lowest BCUT2D eigenvalue weighted by molar-refractivity contribution is 0.403. The molecule has 1 fully saturated rings. The predicted molar refractivity (Wildman–Crippen MR) is 83.2 cm³/mol. The SMILES string of the molecule is CC(NC(c1ccccc1)C1CC1)c1ccc(O)cc1O. The van der Waals surface area contributed by atoms with Gasteiger partial charge in [-0.2, -0.15) is 0 Å². The van der Waals surface area contributed by atoms with Gasteiger partial charge in [-0.3, -0.25) is 0 Å². The minimum absolute atomic E-state index is 0.0245. The summed E-state index contributed by atoms with van der Waals surface area (Å²) in [5.41, 5.74) is 2.11. The van der Waals surface area contributed by atoms with Gasteiger partial charge in [0.15, 0.2) is 0 Å². The third-order valence-corrected chi connectivity index (χ3v) is 4.16. The normalized spacial score (nSPS) is 17.4. The number of aromatic hydroxyl groups is 2. The van der Waals surface area contributed by atoms with Crippen LogP contribution in [0.4, 0.5) is 0 Å². The molecule has 0 heterocycles. The Morgan fingerprint density at radius 1 is 1.05 bits per heavy atom. The first-order valence-electron chi connectivity index (χ1n) is 7.48. The zero-order chi connectivity index (χ0) is 14.8. The van der Waals surface area contributed by atoms with Crippen LogP contribution in [0.15, 0.2) is 48.5 Å². The van der Waals surface area contributed by atoms with E-state index in [1.165, 1.54) is 24.5 Å². The number of phenolic OH excluding ortho intramolecular Hbond substituents is 2. The van der Waals surface area contributed by atoms with Crippen LogP contribution >= 0.6 is 0 Å². The molecule has 1 saturated carbocycles. The molecule has 2 atom stereocenters. The van der Waals surface area contributed by atoms with Crippen LogP contribution in [-0.2, 0) is 0 Å². The first-order chi connectivity index (χ1) is 10.1. The number of hydrogen-bond acceptors (Lipinski definition) is 3. The summed E-state index contributed by atoms with van der Waals surface area (Å²) in [7, 11) is 0. The standard InChI is InChI=1S/C18H21NO2/c1-12(16-10-9-15(20)11-17(16)21)19-18(14-7-8-14)13-5-3-2-4-6-13/h2-6,9-12,14,18-21H,7-8H2,1H3. The van der Waals surface area contributed by atoms with Gasteiger partial charge in [-0.1, -0.05) is 36.4 Å². The summed E-state index contributed by atoms with van der Waals surface area (Å²) in [5, 5.41) is 23.0. The van der Waals surface area contributed by atoms with Crippen LogP contribution in [0, 0.1) is 5.92 Å². The number of rotatable bonds is 5. The van der Waals surface area contributed by atoms with Gasteiger partial charge in [0.2, 0.25) is 0 Å². The first kappa shape index (κ1) is 14.0. The van der Waals surface area contributed by atoms with E-state index < -0.39 is 0 Å². The molecule has 2 aromatic rings. The zero-order valence-electron chi connectivity index (χ0n) is 12.2. The van der Waals surface area contributed by atoms with Crippen molar-refractivity contribution in [1.82, 2.24) is 5.32 Å². The molecule has 2 unspecified atom stereocenters. The summed E-state index contributed by atoms with van der Waals surface area (Å²) in [6, 6.07) is 15.6. The molecular weight excluding hydrogens is 262 g/mol. The molecular formula is C18H21NO2. The van der Waals surface area contributed by atoms with E-state index in [0.717, 1.165) is 5.56 Å². The molecule has 0 amide bonds. The van der Waals surface area contributed by atoms with Crippen molar-refractivity contribution in [3.05, 3.63) is 59.7 Å². The largest absolute Gasteiger partial charge is 0.508 e. The molecule has 0 spiro atoms. The van der Waals surface area contributed by atoms with Crippen molar-refractivity contribution in [2.24, 2.45) is 5.92 Å². The van der Waals surface area contributed by atoms with Gasteiger partial charge in [0.05, 0.1) is 0 Å². The summed E-state index contributed by atoms with van der Waals surface area (Å²) in [6.07, 6.45) is 2.50. The van der Waals surface area contributed by atoms with Gasteiger partial charge in [0.25, 0.3) is 0 Å². The van der Waals surface area contributed by atoms with Crippen LogP contribution in [0.2, 0.25) is 0 Å². The van der Waals surface area contributed by atoms with E-state index in [9.17, 15) is 10.2 Å². The van der Waals surface area contributed by atoms with Crippen LogP contribution in [-0.4, -0.2) is 10.2 Å². The van der Waals surface area contributed by atoms with Crippen molar-refractivity contribution in [2.45, 2.75) is 31.8 Å². The fourth-order valence-corrected chi connectivity index (χ4v) is 2.85. The average Bonchev–Trinajstić information content (AvgIpc) is 3.30. The Hall–Kier alpha value is -2.00. The van der Waals surface area contributed by atoms with Crippen molar-refractivity contribution >= 4 is 0 Å². The zero-order valence-corrected chi connectivity index (χ0v) is 12.2. The Kier molecular flexibility index (Phi) is 3.84. The van der Waals surface area contributed by atoms with Crippen LogP contribution in [0.25, 0.3) is 0 Å². The van der Waals surface area contributed by atoms with Crippen LogP contribution in [0.1, 0.15) is 43.0 Å². The molecule has 3 rings (SSSR count). The van der Waals surface area contributed by atoms with E-state index >= 15 is 0 Å². The minimum Gasteiger partial charge on any atom is -0.508 e. The molecule has 0 radical (unpaired) electrons. The smallest absolute Gasteiger partial charge is 0.124 e. The molecule has 3 N–H and O–H groups in total. The molecule has 3 nitrogen and oxygen atoms in total. The van der Waals surface area contributed by atoms with Crippen molar-refractivity contribution in [3.63, 3.8) is 0 Å². The van der Waals surface area contributed by atoms with Crippen molar-refractivity contribution in [3.8, 4) is 11.5 Å². The molecule has 0 aromatic heterocycles. The molecule has 1 aliphatic rings. The van der Waals surface area contributed by atoms with Crippen molar-refractivity contribution in [1.29, 1.82) is 0 Å². The average molecular weight is 283 g/mol. The Morgan fingerprint density at radius 2 is 1.76 bits per heavy atom. The minimum atomic E-state index is 0.0245. The molecule has 110 valence electrons. The fraction of sp³-hybridized carbons (Fsp3) is 0.333.